The molecular weight excluding hydrogens is 258 g/mol. The van der Waals surface area contributed by atoms with Gasteiger partial charge in [0.05, 0.1) is 6.10 Å². The predicted molar refractivity (Wildman–Crippen MR) is 77.6 cm³/mol. The predicted octanol–water partition coefficient (Wildman–Crippen LogP) is 3.87. The third-order valence-corrected chi connectivity index (χ3v) is 4.35. The van der Waals surface area contributed by atoms with Crippen LogP contribution in [0.1, 0.15) is 41.5 Å². The zero-order valence-electron chi connectivity index (χ0n) is 11.1. The number of nitrogens with zero attached hydrogens (tertiary/aromatic N) is 1. The van der Waals surface area contributed by atoms with Gasteiger partial charge in [-0.25, -0.2) is 0 Å². The lowest BCUT2D eigenvalue weighted by Gasteiger charge is -2.20. The molecule has 100 valence electrons. The van der Waals surface area contributed by atoms with Gasteiger partial charge in [0, 0.05) is 28.5 Å². The Hall–Kier alpha value is -1.25. The summed E-state index contributed by atoms with van der Waals surface area (Å²) in [6.45, 7) is 2.88. The van der Waals surface area contributed by atoms with Gasteiger partial charge in [0.25, 0.3) is 0 Å². The summed E-state index contributed by atoms with van der Waals surface area (Å²) in [6, 6.07) is 10.1. The van der Waals surface area contributed by atoms with Gasteiger partial charge in [-0.2, -0.15) is 0 Å². The smallest absolute Gasteiger partial charge is 0.0807 e. The first kappa shape index (κ1) is 12.8. The molecule has 1 N–H and O–H groups in total. The van der Waals surface area contributed by atoms with Crippen LogP contribution in [-0.4, -0.2) is 9.67 Å². The van der Waals surface area contributed by atoms with E-state index in [0.717, 1.165) is 42.0 Å². The van der Waals surface area contributed by atoms with Crippen molar-refractivity contribution < 1.29 is 5.11 Å². The fraction of sp³-hybridized carbons (Fsp3) is 0.375. The molecular formula is C16H18ClNO. The standard InChI is InChI=1S/C16H18ClNO/c1-11-9-13-15(7-4-8-16(13)19)18(11)10-12-5-2-3-6-14(12)17/h2-3,5-6,9,16,19H,4,7-8,10H2,1H3. The second-order valence-corrected chi connectivity index (χ2v) is 5.68. The molecule has 0 aliphatic heterocycles. The topological polar surface area (TPSA) is 25.2 Å². The normalized spacial score (nSPS) is 18.4. The summed E-state index contributed by atoms with van der Waals surface area (Å²) in [5, 5.41) is 10.9. The molecule has 0 saturated heterocycles. The third kappa shape index (κ3) is 2.31. The van der Waals surface area contributed by atoms with E-state index in [-0.39, 0.29) is 6.10 Å². The number of halogens is 1. The van der Waals surface area contributed by atoms with Gasteiger partial charge >= 0.3 is 0 Å². The minimum Gasteiger partial charge on any atom is -0.388 e. The Morgan fingerprint density at radius 2 is 2.16 bits per heavy atom. The number of hydrogen-bond donors (Lipinski definition) is 1. The summed E-state index contributed by atoms with van der Waals surface area (Å²) in [5.74, 6) is 0. The molecule has 0 bridgehead atoms. The van der Waals surface area contributed by atoms with Crippen molar-refractivity contribution >= 4 is 11.6 Å². The van der Waals surface area contributed by atoms with Crippen LogP contribution in [0.4, 0.5) is 0 Å². The first-order chi connectivity index (χ1) is 9.16. The molecule has 19 heavy (non-hydrogen) atoms. The molecule has 3 rings (SSSR count). The van der Waals surface area contributed by atoms with Crippen molar-refractivity contribution in [2.24, 2.45) is 0 Å². The summed E-state index contributed by atoms with van der Waals surface area (Å²) in [7, 11) is 0. The lowest BCUT2D eigenvalue weighted by Crippen LogP contribution is -2.13. The summed E-state index contributed by atoms with van der Waals surface area (Å²) in [5.41, 5.74) is 4.71. The molecule has 1 aromatic heterocycles. The van der Waals surface area contributed by atoms with E-state index in [2.05, 4.69) is 23.6 Å². The van der Waals surface area contributed by atoms with Crippen LogP contribution >= 0.6 is 11.6 Å². The van der Waals surface area contributed by atoms with Crippen LogP contribution in [0.15, 0.2) is 30.3 Å². The minimum atomic E-state index is -0.296. The first-order valence-corrected chi connectivity index (χ1v) is 7.15. The van der Waals surface area contributed by atoms with Crippen molar-refractivity contribution in [2.45, 2.75) is 38.8 Å². The number of hydrogen-bond acceptors (Lipinski definition) is 1. The van der Waals surface area contributed by atoms with Crippen molar-refractivity contribution in [1.82, 2.24) is 4.57 Å². The van der Waals surface area contributed by atoms with Gasteiger partial charge in [-0.05, 0) is 43.9 Å². The first-order valence-electron chi connectivity index (χ1n) is 6.77. The van der Waals surface area contributed by atoms with Gasteiger partial charge in [-0.3, -0.25) is 0 Å². The molecule has 0 fully saturated rings. The summed E-state index contributed by atoms with van der Waals surface area (Å²) in [6.07, 6.45) is 2.68. The van der Waals surface area contributed by atoms with Gasteiger partial charge in [0.15, 0.2) is 0 Å². The van der Waals surface area contributed by atoms with E-state index in [0.29, 0.717) is 0 Å². The summed E-state index contributed by atoms with van der Waals surface area (Å²) < 4.78 is 2.29. The zero-order chi connectivity index (χ0) is 13.4. The SMILES string of the molecule is Cc1cc2c(n1Cc1ccccc1Cl)CCCC2O. The number of aliphatic hydroxyl groups excluding tert-OH is 1. The molecule has 1 aromatic carbocycles. The molecule has 1 unspecified atom stereocenters. The van der Waals surface area contributed by atoms with E-state index in [4.69, 9.17) is 11.6 Å². The van der Waals surface area contributed by atoms with Crippen molar-refractivity contribution in [2.75, 3.05) is 0 Å². The van der Waals surface area contributed by atoms with Crippen molar-refractivity contribution in [3.63, 3.8) is 0 Å². The molecule has 3 heteroatoms. The Morgan fingerprint density at radius 1 is 1.37 bits per heavy atom. The zero-order valence-corrected chi connectivity index (χ0v) is 11.8. The van der Waals surface area contributed by atoms with Crippen LogP contribution in [0.25, 0.3) is 0 Å². The monoisotopic (exact) mass is 275 g/mol. The van der Waals surface area contributed by atoms with Crippen LogP contribution in [0.2, 0.25) is 5.02 Å². The Labute approximate surface area is 118 Å². The largest absolute Gasteiger partial charge is 0.388 e. The maximum Gasteiger partial charge on any atom is 0.0807 e. The molecule has 1 atom stereocenters. The highest BCUT2D eigenvalue weighted by atomic mass is 35.5. The van der Waals surface area contributed by atoms with Crippen LogP contribution in [0, 0.1) is 6.92 Å². The average Bonchev–Trinajstić information content (AvgIpc) is 2.71. The Morgan fingerprint density at radius 3 is 2.95 bits per heavy atom. The molecule has 0 radical (unpaired) electrons. The molecule has 0 amide bonds. The van der Waals surface area contributed by atoms with Crippen molar-refractivity contribution in [3.05, 3.63) is 57.9 Å². The van der Waals surface area contributed by atoms with Crippen LogP contribution in [-0.2, 0) is 13.0 Å². The fourth-order valence-electron chi connectivity index (χ4n) is 2.96. The molecule has 1 aliphatic carbocycles. The van der Waals surface area contributed by atoms with E-state index < -0.39 is 0 Å². The molecule has 2 nitrogen and oxygen atoms in total. The van der Waals surface area contributed by atoms with Gasteiger partial charge in [-0.1, -0.05) is 29.8 Å². The van der Waals surface area contributed by atoms with Crippen LogP contribution < -0.4 is 0 Å². The van der Waals surface area contributed by atoms with E-state index in [1.54, 1.807) is 0 Å². The fourth-order valence-corrected chi connectivity index (χ4v) is 3.15. The van der Waals surface area contributed by atoms with Gasteiger partial charge < -0.3 is 9.67 Å². The van der Waals surface area contributed by atoms with Crippen molar-refractivity contribution in [3.8, 4) is 0 Å². The highest BCUT2D eigenvalue weighted by Gasteiger charge is 2.23. The number of benzene rings is 1. The van der Waals surface area contributed by atoms with E-state index in [1.807, 2.05) is 18.2 Å². The third-order valence-electron chi connectivity index (χ3n) is 3.99. The van der Waals surface area contributed by atoms with E-state index in [1.165, 1.54) is 11.4 Å². The highest BCUT2D eigenvalue weighted by molar-refractivity contribution is 6.31. The number of aryl methyl sites for hydroxylation is 1. The minimum absolute atomic E-state index is 0.296. The van der Waals surface area contributed by atoms with Gasteiger partial charge in [0.2, 0.25) is 0 Å². The maximum atomic E-state index is 10.1. The Balaban J connectivity index is 2.00. The Kier molecular flexibility index (Phi) is 3.38. The quantitative estimate of drug-likeness (QED) is 0.884. The molecule has 1 heterocycles. The second kappa shape index (κ2) is 5.03. The van der Waals surface area contributed by atoms with Gasteiger partial charge in [-0.15, -0.1) is 0 Å². The molecule has 0 saturated carbocycles. The average molecular weight is 276 g/mol. The van der Waals surface area contributed by atoms with Crippen LogP contribution in [0.3, 0.4) is 0 Å². The van der Waals surface area contributed by atoms with E-state index >= 15 is 0 Å². The number of aliphatic hydroxyl groups is 1. The maximum absolute atomic E-state index is 10.1. The number of rotatable bonds is 2. The number of aromatic nitrogens is 1. The Bertz CT molecular complexity index is 603. The second-order valence-electron chi connectivity index (χ2n) is 5.27. The summed E-state index contributed by atoms with van der Waals surface area (Å²) in [4.78, 5) is 0. The molecule has 0 spiro atoms. The highest BCUT2D eigenvalue weighted by Crippen LogP contribution is 2.33. The van der Waals surface area contributed by atoms with Gasteiger partial charge in [0.1, 0.15) is 0 Å². The lowest BCUT2D eigenvalue weighted by molar-refractivity contribution is 0.156. The number of fused-ring (bicyclic) bond motifs is 1. The van der Waals surface area contributed by atoms with E-state index in [9.17, 15) is 5.11 Å². The molecule has 2 aromatic rings. The van der Waals surface area contributed by atoms with Crippen LogP contribution in [0.5, 0.6) is 0 Å². The molecule has 1 aliphatic rings. The summed E-state index contributed by atoms with van der Waals surface area (Å²) >= 11 is 6.24. The lowest BCUT2D eigenvalue weighted by atomic mass is 9.95. The van der Waals surface area contributed by atoms with Crippen molar-refractivity contribution in [1.29, 1.82) is 0 Å².